The zero-order valence-corrected chi connectivity index (χ0v) is 13.1. The highest BCUT2D eigenvalue weighted by molar-refractivity contribution is 5.74. The minimum Gasteiger partial charge on any atom is -0.399 e. The quantitative estimate of drug-likeness (QED) is 0.402. The molecule has 2 heterocycles. The average molecular weight is 331 g/mol. The molecule has 8 nitrogen and oxygen atoms in total. The number of nitrogens with one attached hydrogen (secondary N) is 2. The van der Waals surface area contributed by atoms with E-state index in [0.29, 0.717) is 41.8 Å². The van der Waals surface area contributed by atoms with Crippen molar-refractivity contribution in [3.63, 3.8) is 0 Å². The summed E-state index contributed by atoms with van der Waals surface area (Å²) < 4.78 is 20.0. The second-order valence-corrected chi connectivity index (χ2v) is 5.18. The monoisotopic (exact) mass is 331 g/mol. The number of hydrogen-bond donors (Lipinski definition) is 4. The van der Waals surface area contributed by atoms with Crippen LogP contribution in [0.1, 0.15) is 0 Å². The first kappa shape index (κ1) is 15.8. The number of ether oxygens (including phenoxy) is 1. The summed E-state index contributed by atoms with van der Waals surface area (Å²) in [4.78, 5) is 4.24. The Morgan fingerprint density at radius 2 is 2.08 bits per heavy atom. The van der Waals surface area contributed by atoms with Crippen LogP contribution in [0.5, 0.6) is 0 Å². The van der Waals surface area contributed by atoms with Gasteiger partial charge < -0.3 is 26.8 Å². The lowest BCUT2D eigenvalue weighted by molar-refractivity contribution is 0.211. The SMILES string of the molecule is COCCNc1cc(Nc2cc(N)cc(F)c2)nn2c(N)cnc12. The van der Waals surface area contributed by atoms with Crippen molar-refractivity contribution in [2.24, 2.45) is 0 Å². The molecular formula is C15H18FN7O. The van der Waals surface area contributed by atoms with Gasteiger partial charge in [-0.25, -0.2) is 9.37 Å². The maximum absolute atomic E-state index is 13.5. The largest absolute Gasteiger partial charge is 0.399 e. The van der Waals surface area contributed by atoms with Gasteiger partial charge in [0.25, 0.3) is 0 Å². The van der Waals surface area contributed by atoms with Crippen LogP contribution < -0.4 is 22.1 Å². The minimum atomic E-state index is -0.431. The Kier molecular flexibility index (Phi) is 4.34. The molecule has 0 saturated carbocycles. The maximum Gasteiger partial charge on any atom is 0.179 e. The fourth-order valence-corrected chi connectivity index (χ4v) is 2.30. The fourth-order valence-electron chi connectivity index (χ4n) is 2.30. The van der Waals surface area contributed by atoms with Gasteiger partial charge in [0.15, 0.2) is 11.5 Å². The standard InChI is InChI=1S/C15H18FN7O/c1-24-3-2-19-12-7-14(22-23-13(18)8-20-15(12)23)21-11-5-9(16)4-10(17)6-11/h4-8,19H,2-3,17-18H2,1H3,(H,21,22). The van der Waals surface area contributed by atoms with Crippen LogP contribution in [0.2, 0.25) is 0 Å². The topological polar surface area (TPSA) is 116 Å². The molecule has 0 aliphatic rings. The van der Waals surface area contributed by atoms with Crippen molar-refractivity contribution < 1.29 is 9.13 Å². The predicted octanol–water partition coefficient (Wildman–Crippen LogP) is 1.83. The van der Waals surface area contributed by atoms with E-state index in [9.17, 15) is 4.39 Å². The molecule has 0 radical (unpaired) electrons. The third-order valence-corrected chi connectivity index (χ3v) is 3.31. The predicted molar refractivity (Wildman–Crippen MR) is 91.9 cm³/mol. The molecule has 1 aromatic carbocycles. The summed E-state index contributed by atoms with van der Waals surface area (Å²) in [6, 6.07) is 5.95. The molecule has 3 rings (SSSR count). The van der Waals surface area contributed by atoms with Crippen molar-refractivity contribution in [1.82, 2.24) is 14.6 Å². The Labute approximate surface area is 137 Å². The maximum atomic E-state index is 13.5. The van der Waals surface area contributed by atoms with E-state index in [1.165, 1.54) is 22.8 Å². The highest BCUT2D eigenvalue weighted by Crippen LogP contribution is 2.24. The number of benzene rings is 1. The molecule has 3 aromatic rings. The number of rotatable bonds is 6. The molecule has 0 unspecified atom stereocenters. The molecule has 0 fully saturated rings. The van der Waals surface area contributed by atoms with E-state index < -0.39 is 5.82 Å². The first-order valence-corrected chi connectivity index (χ1v) is 7.27. The number of nitrogens with zero attached hydrogens (tertiary/aromatic N) is 3. The van der Waals surface area contributed by atoms with Gasteiger partial charge in [0.05, 0.1) is 18.5 Å². The molecule has 6 N–H and O–H groups in total. The van der Waals surface area contributed by atoms with Crippen LogP contribution in [-0.2, 0) is 4.74 Å². The highest BCUT2D eigenvalue weighted by atomic mass is 19.1. The smallest absolute Gasteiger partial charge is 0.179 e. The van der Waals surface area contributed by atoms with Crippen molar-refractivity contribution in [3.05, 3.63) is 36.3 Å². The fraction of sp³-hybridized carbons (Fsp3) is 0.200. The lowest BCUT2D eigenvalue weighted by atomic mass is 10.2. The van der Waals surface area contributed by atoms with E-state index in [4.69, 9.17) is 16.2 Å². The van der Waals surface area contributed by atoms with E-state index in [1.807, 2.05) is 0 Å². The average Bonchev–Trinajstić information content (AvgIpc) is 2.88. The minimum absolute atomic E-state index is 0.319. The van der Waals surface area contributed by atoms with Gasteiger partial charge in [0, 0.05) is 31.1 Å². The van der Waals surface area contributed by atoms with Gasteiger partial charge in [-0.05, 0) is 18.2 Å². The first-order valence-electron chi connectivity index (χ1n) is 7.27. The molecule has 2 aromatic heterocycles. The Morgan fingerprint density at radius 1 is 1.25 bits per heavy atom. The van der Waals surface area contributed by atoms with Crippen molar-refractivity contribution in [1.29, 1.82) is 0 Å². The number of halogens is 1. The lowest BCUT2D eigenvalue weighted by Gasteiger charge is -2.12. The van der Waals surface area contributed by atoms with Gasteiger partial charge in [-0.2, -0.15) is 4.52 Å². The van der Waals surface area contributed by atoms with Gasteiger partial charge in [0.2, 0.25) is 0 Å². The van der Waals surface area contributed by atoms with E-state index in [1.54, 1.807) is 19.2 Å². The molecule has 0 bridgehead atoms. The Morgan fingerprint density at radius 3 is 2.83 bits per heavy atom. The summed E-state index contributed by atoms with van der Waals surface area (Å²) in [5.74, 6) is 0.429. The van der Waals surface area contributed by atoms with Crippen LogP contribution in [0.4, 0.5) is 33.1 Å². The summed E-state index contributed by atoms with van der Waals surface area (Å²) in [7, 11) is 1.62. The van der Waals surface area contributed by atoms with Crippen LogP contribution in [0.25, 0.3) is 5.65 Å². The molecule has 0 atom stereocenters. The van der Waals surface area contributed by atoms with Crippen molar-refractivity contribution in [3.8, 4) is 0 Å². The number of nitrogens with two attached hydrogens (primary N) is 2. The highest BCUT2D eigenvalue weighted by Gasteiger charge is 2.10. The Balaban J connectivity index is 1.96. The normalized spacial score (nSPS) is 10.9. The van der Waals surface area contributed by atoms with Gasteiger partial charge in [-0.1, -0.05) is 0 Å². The number of fused-ring (bicyclic) bond motifs is 1. The van der Waals surface area contributed by atoms with E-state index in [-0.39, 0.29) is 0 Å². The molecule has 126 valence electrons. The molecule has 0 aliphatic carbocycles. The molecule has 0 amide bonds. The van der Waals surface area contributed by atoms with Crippen molar-refractivity contribution in [2.45, 2.75) is 0 Å². The van der Waals surface area contributed by atoms with E-state index >= 15 is 0 Å². The summed E-state index contributed by atoms with van der Waals surface area (Å²) >= 11 is 0. The summed E-state index contributed by atoms with van der Waals surface area (Å²) in [6.07, 6.45) is 1.52. The summed E-state index contributed by atoms with van der Waals surface area (Å²) in [5.41, 5.74) is 13.7. The number of methoxy groups -OCH3 is 1. The Bertz CT molecular complexity index is 844. The second kappa shape index (κ2) is 6.59. The van der Waals surface area contributed by atoms with Crippen LogP contribution in [0.3, 0.4) is 0 Å². The van der Waals surface area contributed by atoms with Crippen LogP contribution in [-0.4, -0.2) is 34.9 Å². The Hall–Kier alpha value is -3.07. The van der Waals surface area contributed by atoms with E-state index in [2.05, 4.69) is 20.7 Å². The molecule has 24 heavy (non-hydrogen) atoms. The summed E-state index contributed by atoms with van der Waals surface area (Å²) in [6.45, 7) is 1.13. The number of hydrogen-bond acceptors (Lipinski definition) is 7. The van der Waals surface area contributed by atoms with Crippen molar-refractivity contribution >= 4 is 34.3 Å². The molecule has 0 spiro atoms. The number of nitrogen functional groups attached to an aromatic ring is 2. The zero-order valence-electron chi connectivity index (χ0n) is 13.1. The number of aromatic nitrogens is 3. The second-order valence-electron chi connectivity index (χ2n) is 5.18. The third-order valence-electron chi connectivity index (χ3n) is 3.31. The summed E-state index contributed by atoms with van der Waals surface area (Å²) in [5, 5.41) is 10.6. The molecular weight excluding hydrogens is 313 g/mol. The van der Waals surface area contributed by atoms with Gasteiger partial charge in [-0.3, -0.25) is 0 Å². The first-order chi connectivity index (χ1) is 11.6. The van der Waals surface area contributed by atoms with Crippen molar-refractivity contribution in [2.75, 3.05) is 42.4 Å². The van der Waals surface area contributed by atoms with Gasteiger partial charge in [0.1, 0.15) is 11.6 Å². The molecule has 0 saturated heterocycles. The van der Waals surface area contributed by atoms with Gasteiger partial charge in [-0.15, -0.1) is 5.10 Å². The van der Waals surface area contributed by atoms with Crippen LogP contribution in [0, 0.1) is 5.82 Å². The number of imidazole rings is 1. The molecule has 9 heteroatoms. The number of anilines is 5. The lowest BCUT2D eigenvalue weighted by Crippen LogP contribution is -2.11. The van der Waals surface area contributed by atoms with Crippen LogP contribution in [0.15, 0.2) is 30.5 Å². The third kappa shape index (κ3) is 3.30. The molecule has 0 aliphatic heterocycles. The van der Waals surface area contributed by atoms with Crippen LogP contribution >= 0.6 is 0 Å². The zero-order chi connectivity index (χ0) is 17.1. The van der Waals surface area contributed by atoms with E-state index in [0.717, 1.165) is 5.69 Å². The van der Waals surface area contributed by atoms with Gasteiger partial charge >= 0.3 is 0 Å².